The molecule has 0 atom stereocenters. The van der Waals surface area contributed by atoms with Gasteiger partial charge in [-0.15, -0.1) is 0 Å². The lowest BCUT2D eigenvalue weighted by Gasteiger charge is -2.03. The molecule has 0 spiro atoms. The molecule has 0 aliphatic rings. The summed E-state index contributed by atoms with van der Waals surface area (Å²) in [5, 5.41) is 0.873. The van der Waals surface area contributed by atoms with Gasteiger partial charge in [-0.1, -0.05) is 37.9 Å². The van der Waals surface area contributed by atoms with Crippen LogP contribution in [-0.2, 0) is 12.8 Å². The number of benzene rings is 1. The second kappa shape index (κ2) is 4.51. The molecule has 1 aromatic carbocycles. The van der Waals surface area contributed by atoms with Gasteiger partial charge in [0.1, 0.15) is 0 Å². The zero-order chi connectivity index (χ0) is 8.97. The Labute approximate surface area is 79.6 Å². The first kappa shape index (κ1) is 9.60. The van der Waals surface area contributed by atoms with E-state index in [0.717, 1.165) is 17.9 Å². The average molecular weight is 183 g/mol. The maximum absolute atomic E-state index is 5.96. The third-order valence-corrected chi connectivity index (χ3v) is 2.18. The first-order chi connectivity index (χ1) is 5.76. The minimum Gasteiger partial charge on any atom is -0.0843 e. The van der Waals surface area contributed by atoms with Crippen molar-refractivity contribution in [1.82, 2.24) is 0 Å². The zero-order valence-corrected chi connectivity index (χ0v) is 8.49. The molecule has 0 saturated carbocycles. The Balaban J connectivity index is 2.90. The summed E-state index contributed by atoms with van der Waals surface area (Å²) in [6, 6.07) is 6.35. The van der Waals surface area contributed by atoms with E-state index < -0.39 is 0 Å². The van der Waals surface area contributed by atoms with E-state index in [1.54, 1.807) is 0 Å². The van der Waals surface area contributed by atoms with Crippen molar-refractivity contribution in [2.75, 3.05) is 0 Å². The predicted octanol–water partition coefficient (Wildman–Crippen LogP) is 3.85. The van der Waals surface area contributed by atoms with E-state index >= 15 is 0 Å². The topological polar surface area (TPSA) is 0 Å². The summed E-state index contributed by atoms with van der Waals surface area (Å²) in [5.74, 6) is 0. The van der Waals surface area contributed by atoms with Crippen LogP contribution in [0.4, 0.5) is 0 Å². The molecular weight excluding hydrogens is 168 g/mol. The maximum Gasteiger partial charge on any atom is 0.0411 e. The van der Waals surface area contributed by atoms with Crippen LogP contribution < -0.4 is 0 Å². The Morgan fingerprint density at radius 2 is 1.75 bits per heavy atom. The summed E-state index contributed by atoms with van der Waals surface area (Å²) in [4.78, 5) is 0. The summed E-state index contributed by atoms with van der Waals surface area (Å²) in [5.41, 5.74) is 2.70. The van der Waals surface area contributed by atoms with Crippen molar-refractivity contribution < 1.29 is 0 Å². The molecule has 0 heterocycles. The van der Waals surface area contributed by atoms with Crippen LogP contribution in [0.2, 0.25) is 5.02 Å². The summed E-state index contributed by atoms with van der Waals surface area (Å²) in [6.45, 7) is 4.34. The van der Waals surface area contributed by atoms with Crippen molar-refractivity contribution in [2.45, 2.75) is 33.1 Å². The molecule has 0 radical (unpaired) electrons. The molecule has 1 aromatic rings. The van der Waals surface area contributed by atoms with E-state index in [2.05, 4.69) is 26.0 Å². The van der Waals surface area contributed by atoms with Gasteiger partial charge in [-0.2, -0.15) is 0 Å². The van der Waals surface area contributed by atoms with Crippen LogP contribution in [0.5, 0.6) is 0 Å². The molecule has 0 N–H and O–H groups in total. The molecule has 1 rings (SSSR count). The van der Waals surface area contributed by atoms with E-state index in [0.29, 0.717) is 0 Å². The van der Waals surface area contributed by atoms with Crippen LogP contribution in [0, 0.1) is 0 Å². The summed E-state index contributed by atoms with van der Waals surface area (Å²) < 4.78 is 0. The molecule has 0 nitrogen and oxygen atoms in total. The predicted molar refractivity (Wildman–Crippen MR) is 54.8 cm³/mol. The van der Waals surface area contributed by atoms with Crippen molar-refractivity contribution in [1.29, 1.82) is 0 Å². The number of halogens is 1. The van der Waals surface area contributed by atoms with Gasteiger partial charge in [0, 0.05) is 5.02 Å². The average Bonchev–Trinajstić information content (AvgIpc) is 2.04. The molecule has 0 fully saturated rings. The van der Waals surface area contributed by atoms with Gasteiger partial charge in [0.15, 0.2) is 0 Å². The smallest absolute Gasteiger partial charge is 0.0411 e. The number of aryl methyl sites for hydroxylation is 2. The van der Waals surface area contributed by atoms with Crippen molar-refractivity contribution in [3.8, 4) is 0 Å². The molecule has 0 amide bonds. The van der Waals surface area contributed by atoms with E-state index in [9.17, 15) is 0 Å². The van der Waals surface area contributed by atoms with Gasteiger partial charge in [-0.3, -0.25) is 0 Å². The number of rotatable bonds is 3. The molecule has 0 aliphatic heterocycles. The third-order valence-electron chi connectivity index (χ3n) is 1.96. The largest absolute Gasteiger partial charge is 0.0843 e. The first-order valence-electron chi connectivity index (χ1n) is 4.54. The Bertz CT molecular complexity index is 253. The monoisotopic (exact) mass is 182 g/mol. The van der Waals surface area contributed by atoms with Crippen LogP contribution in [0.15, 0.2) is 18.2 Å². The fraction of sp³-hybridized carbons (Fsp3) is 0.455. The lowest BCUT2D eigenvalue weighted by atomic mass is 10.1. The van der Waals surface area contributed by atoms with Gasteiger partial charge in [0.2, 0.25) is 0 Å². The Kier molecular flexibility index (Phi) is 3.61. The molecule has 0 unspecified atom stereocenters. The Hall–Kier alpha value is -0.490. The van der Waals surface area contributed by atoms with Crippen LogP contribution in [0.25, 0.3) is 0 Å². The van der Waals surface area contributed by atoms with E-state index in [-0.39, 0.29) is 0 Å². The van der Waals surface area contributed by atoms with Crippen LogP contribution in [0.3, 0.4) is 0 Å². The number of hydrogen-bond acceptors (Lipinski definition) is 0. The van der Waals surface area contributed by atoms with Crippen molar-refractivity contribution in [2.24, 2.45) is 0 Å². The van der Waals surface area contributed by atoms with E-state index in [4.69, 9.17) is 11.6 Å². The minimum absolute atomic E-state index is 0.873. The molecule has 12 heavy (non-hydrogen) atoms. The fourth-order valence-corrected chi connectivity index (χ4v) is 1.63. The Morgan fingerprint density at radius 3 is 2.33 bits per heavy atom. The van der Waals surface area contributed by atoms with Crippen LogP contribution in [-0.4, -0.2) is 0 Å². The molecule has 0 aliphatic carbocycles. The van der Waals surface area contributed by atoms with Gasteiger partial charge < -0.3 is 0 Å². The van der Waals surface area contributed by atoms with Crippen molar-refractivity contribution in [3.05, 3.63) is 34.3 Å². The minimum atomic E-state index is 0.873. The normalized spacial score (nSPS) is 10.2. The number of hydrogen-bond donors (Lipinski definition) is 0. The third kappa shape index (κ3) is 2.53. The van der Waals surface area contributed by atoms with E-state index in [1.165, 1.54) is 17.5 Å². The second-order valence-electron chi connectivity index (χ2n) is 3.07. The second-order valence-corrected chi connectivity index (χ2v) is 3.51. The van der Waals surface area contributed by atoms with Gasteiger partial charge in [0.05, 0.1) is 0 Å². The highest BCUT2D eigenvalue weighted by atomic mass is 35.5. The first-order valence-corrected chi connectivity index (χ1v) is 4.92. The zero-order valence-electron chi connectivity index (χ0n) is 7.73. The molecule has 0 bridgehead atoms. The lowest BCUT2D eigenvalue weighted by Crippen LogP contribution is -1.87. The summed E-state index contributed by atoms with van der Waals surface area (Å²) in [7, 11) is 0. The van der Waals surface area contributed by atoms with Gasteiger partial charge in [-0.25, -0.2) is 0 Å². The standard InChI is InChI=1S/C11H15Cl/c1-3-5-10-6-9(4-2)7-11(12)8-10/h6-8H,3-5H2,1-2H3. The molecular formula is C11H15Cl. The maximum atomic E-state index is 5.96. The SMILES string of the molecule is CCCc1cc(Cl)cc(CC)c1. The quantitative estimate of drug-likeness (QED) is 0.666. The summed E-state index contributed by atoms with van der Waals surface area (Å²) >= 11 is 5.96. The van der Waals surface area contributed by atoms with Crippen molar-refractivity contribution in [3.63, 3.8) is 0 Å². The van der Waals surface area contributed by atoms with Gasteiger partial charge in [-0.05, 0) is 36.1 Å². The van der Waals surface area contributed by atoms with Gasteiger partial charge >= 0.3 is 0 Å². The van der Waals surface area contributed by atoms with Crippen molar-refractivity contribution >= 4 is 11.6 Å². The molecule has 0 saturated heterocycles. The highest BCUT2D eigenvalue weighted by Crippen LogP contribution is 2.16. The lowest BCUT2D eigenvalue weighted by molar-refractivity contribution is 0.917. The Morgan fingerprint density at radius 1 is 1.08 bits per heavy atom. The molecule has 0 aromatic heterocycles. The summed E-state index contributed by atoms with van der Waals surface area (Å²) in [6.07, 6.45) is 3.38. The molecule has 1 heteroatoms. The van der Waals surface area contributed by atoms with Gasteiger partial charge in [0.25, 0.3) is 0 Å². The fourth-order valence-electron chi connectivity index (χ4n) is 1.35. The van der Waals surface area contributed by atoms with Crippen LogP contribution in [0.1, 0.15) is 31.4 Å². The van der Waals surface area contributed by atoms with E-state index in [1.807, 2.05) is 6.07 Å². The van der Waals surface area contributed by atoms with Crippen LogP contribution >= 0.6 is 11.6 Å². The molecule has 66 valence electrons. The highest BCUT2D eigenvalue weighted by molar-refractivity contribution is 6.30. The highest BCUT2D eigenvalue weighted by Gasteiger charge is 1.96.